The Bertz CT molecular complexity index is 701. The van der Waals surface area contributed by atoms with Crippen LogP contribution in [0.1, 0.15) is 10.5 Å². The molecule has 1 N–H and O–H groups in total. The van der Waals surface area contributed by atoms with Gasteiger partial charge in [-0.1, -0.05) is 18.2 Å². The van der Waals surface area contributed by atoms with E-state index in [2.05, 4.69) is 16.9 Å². The van der Waals surface area contributed by atoms with E-state index >= 15 is 0 Å². The molecule has 0 unspecified atom stereocenters. The summed E-state index contributed by atoms with van der Waals surface area (Å²) < 4.78 is 16.6. The van der Waals surface area contributed by atoms with Gasteiger partial charge in [-0.05, 0) is 12.1 Å². The van der Waals surface area contributed by atoms with Crippen molar-refractivity contribution in [2.75, 3.05) is 25.1 Å². The first-order chi connectivity index (χ1) is 11.3. The summed E-state index contributed by atoms with van der Waals surface area (Å²) in [6.45, 7) is 4.66. The van der Waals surface area contributed by atoms with Crippen LogP contribution in [0.15, 0.2) is 42.3 Å². The first-order valence-electron chi connectivity index (χ1n) is 7.12. The van der Waals surface area contributed by atoms with E-state index in [4.69, 9.17) is 14.2 Å². The molecule has 2 aromatic rings. The Morgan fingerprint density at radius 3 is 3.13 bits per heavy atom. The maximum atomic E-state index is 12.0. The van der Waals surface area contributed by atoms with Crippen LogP contribution in [0.25, 0.3) is 0 Å². The second-order valence-corrected chi connectivity index (χ2v) is 5.66. The summed E-state index contributed by atoms with van der Waals surface area (Å²) in [5.41, 5.74) is 0.277. The fourth-order valence-electron chi connectivity index (χ4n) is 2.00. The Morgan fingerprint density at radius 1 is 1.48 bits per heavy atom. The van der Waals surface area contributed by atoms with Crippen molar-refractivity contribution in [2.24, 2.45) is 0 Å². The van der Waals surface area contributed by atoms with Crippen LogP contribution in [-0.2, 0) is 4.74 Å². The third-order valence-electron chi connectivity index (χ3n) is 3.08. The fourth-order valence-corrected chi connectivity index (χ4v) is 2.69. The Morgan fingerprint density at radius 2 is 2.30 bits per heavy atom. The second kappa shape index (κ2) is 7.15. The zero-order valence-electron chi connectivity index (χ0n) is 12.4. The van der Waals surface area contributed by atoms with Crippen molar-refractivity contribution in [2.45, 2.75) is 6.10 Å². The van der Waals surface area contributed by atoms with Crippen molar-refractivity contribution in [1.82, 2.24) is 4.98 Å². The summed E-state index contributed by atoms with van der Waals surface area (Å²) in [7, 11) is 0. The molecule has 0 aliphatic carbocycles. The quantitative estimate of drug-likeness (QED) is 0.648. The van der Waals surface area contributed by atoms with E-state index in [-0.39, 0.29) is 18.4 Å². The predicted molar refractivity (Wildman–Crippen MR) is 87.4 cm³/mol. The Kier molecular flexibility index (Phi) is 4.77. The van der Waals surface area contributed by atoms with Crippen molar-refractivity contribution in [1.29, 1.82) is 0 Å². The van der Waals surface area contributed by atoms with E-state index < -0.39 is 5.97 Å². The minimum absolute atomic E-state index is 0.111. The number of benzene rings is 1. The van der Waals surface area contributed by atoms with Gasteiger partial charge in [-0.3, -0.25) is 0 Å². The number of ether oxygens (including phenoxy) is 3. The Balaban J connectivity index is 1.51. The number of nitrogens with one attached hydrogen (secondary N) is 1. The van der Waals surface area contributed by atoms with Crippen LogP contribution >= 0.6 is 11.3 Å². The first-order valence-corrected chi connectivity index (χ1v) is 8.00. The monoisotopic (exact) mass is 332 g/mol. The number of hydrogen-bond acceptors (Lipinski definition) is 7. The first kappa shape index (κ1) is 15.4. The van der Waals surface area contributed by atoms with Gasteiger partial charge in [0.15, 0.2) is 28.4 Å². The average Bonchev–Trinajstić information content (AvgIpc) is 3.06. The third kappa shape index (κ3) is 3.81. The summed E-state index contributed by atoms with van der Waals surface area (Å²) in [5.74, 6) is 0.882. The highest BCUT2D eigenvalue weighted by molar-refractivity contribution is 7.13. The molecule has 1 aliphatic rings. The van der Waals surface area contributed by atoms with Gasteiger partial charge in [0.1, 0.15) is 13.2 Å². The van der Waals surface area contributed by atoms with Crippen LogP contribution in [-0.4, -0.2) is 36.8 Å². The normalized spacial score (nSPS) is 15.7. The molecule has 0 saturated carbocycles. The van der Waals surface area contributed by atoms with Crippen LogP contribution in [0.4, 0.5) is 5.13 Å². The topological polar surface area (TPSA) is 69.7 Å². The number of hydrogen-bond donors (Lipinski definition) is 1. The number of esters is 1. The summed E-state index contributed by atoms with van der Waals surface area (Å²) in [5, 5.41) is 5.33. The van der Waals surface area contributed by atoms with Crippen molar-refractivity contribution in [3.8, 4) is 11.5 Å². The molecule has 120 valence electrons. The van der Waals surface area contributed by atoms with Crippen LogP contribution in [0.3, 0.4) is 0 Å². The number of nitrogens with zero attached hydrogens (tertiary/aromatic N) is 1. The number of aromatic nitrogens is 1. The van der Waals surface area contributed by atoms with Crippen molar-refractivity contribution in [3.05, 3.63) is 48.0 Å². The van der Waals surface area contributed by atoms with E-state index in [9.17, 15) is 4.79 Å². The van der Waals surface area contributed by atoms with Crippen LogP contribution < -0.4 is 14.8 Å². The minimum Gasteiger partial charge on any atom is -0.486 e. The van der Waals surface area contributed by atoms with Gasteiger partial charge >= 0.3 is 5.97 Å². The van der Waals surface area contributed by atoms with E-state index in [1.165, 1.54) is 11.3 Å². The number of fused-ring (bicyclic) bond motifs is 1. The van der Waals surface area contributed by atoms with Gasteiger partial charge in [-0.2, -0.15) is 0 Å². The van der Waals surface area contributed by atoms with Gasteiger partial charge in [0.25, 0.3) is 0 Å². The number of carbonyl (C=O) groups excluding carboxylic acids is 1. The Labute approximate surface area is 137 Å². The summed E-state index contributed by atoms with van der Waals surface area (Å²) in [6.07, 6.45) is 1.39. The van der Waals surface area contributed by atoms with Crippen LogP contribution in [0.2, 0.25) is 0 Å². The molecule has 0 fully saturated rings. The summed E-state index contributed by atoms with van der Waals surface area (Å²) in [4.78, 5) is 16.2. The van der Waals surface area contributed by atoms with Crippen LogP contribution in [0.5, 0.6) is 11.5 Å². The largest absolute Gasteiger partial charge is 0.486 e. The Hall–Kier alpha value is -2.54. The van der Waals surface area contributed by atoms with Crippen molar-refractivity contribution >= 4 is 22.4 Å². The van der Waals surface area contributed by atoms with Gasteiger partial charge in [-0.25, -0.2) is 9.78 Å². The molecular weight excluding hydrogens is 316 g/mol. The third-order valence-corrected chi connectivity index (χ3v) is 3.88. The zero-order chi connectivity index (χ0) is 16.1. The van der Waals surface area contributed by atoms with E-state index in [0.717, 1.165) is 0 Å². The van der Waals surface area contributed by atoms with E-state index in [0.29, 0.717) is 29.8 Å². The SMILES string of the molecule is C=CCNc1nc(C(=O)OC[C@H]2COc3ccccc3O2)cs1. The average molecular weight is 332 g/mol. The molecule has 7 heteroatoms. The summed E-state index contributed by atoms with van der Waals surface area (Å²) in [6, 6.07) is 7.40. The zero-order valence-corrected chi connectivity index (χ0v) is 13.2. The highest BCUT2D eigenvalue weighted by Gasteiger charge is 2.23. The molecule has 0 radical (unpaired) electrons. The van der Waals surface area contributed by atoms with E-state index in [1.54, 1.807) is 11.5 Å². The fraction of sp³-hybridized carbons (Fsp3) is 0.250. The van der Waals surface area contributed by atoms with Crippen molar-refractivity contribution < 1.29 is 19.0 Å². The molecule has 1 aromatic heterocycles. The standard InChI is InChI=1S/C16H16N2O4S/c1-2-7-17-16-18-12(10-23-16)15(19)21-9-11-8-20-13-5-3-4-6-14(13)22-11/h2-6,10-11H,1,7-9H2,(H,17,18)/t11-/m1/s1. The molecule has 3 rings (SSSR count). The number of rotatable bonds is 6. The molecule has 2 heterocycles. The molecule has 1 atom stereocenters. The van der Waals surface area contributed by atoms with Crippen LogP contribution in [0, 0.1) is 0 Å². The lowest BCUT2D eigenvalue weighted by molar-refractivity contribution is 0.0106. The molecule has 23 heavy (non-hydrogen) atoms. The molecule has 0 amide bonds. The lowest BCUT2D eigenvalue weighted by atomic mass is 10.3. The number of thiazole rings is 1. The van der Waals surface area contributed by atoms with Gasteiger partial charge in [0, 0.05) is 11.9 Å². The molecule has 0 saturated heterocycles. The molecule has 6 nitrogen and oxygen atoms in total. The molecule has 1 aromatic carbocycles. The maximum absolute atomic E-state index is 12.0. The smallest absolute Gasteiger partial charge is 0.358 e. The van der Waals surface area contributed by atoms with Gasteiger partial charge in [0.05, 0.1) is 0 Å². The second-order valence-electron chi connectivity index (χ2n) is 4.80. The van der Waals surface area contributed by atoms with Gasteiger partial charge in [0.2, 0.25) is 0 Å². The van der Waals surface area contributed by atoms with Crippen molar-refractivity contribution in [3.63, 3.8) is 0 Å². The molecule has 0 bridgehead atoms. The highest BCUT2D eigenvalue weighted by Crippen LogP contribution is 2.30. The summed E-state index contributed by atoms with van der Waals surface area (Å²) >= 11 is 1.34. The number of para-hydroxylation sites is 2. The molecule has 0 spiro atoms. The lowest BCUT2D eigenvalue weighted by Gasteiger charge is -2.25. The van der Waals surface area contributed by atoms with E-state index in [1.807, 2.05) is 24.3 Å². The highest BCUT2D eigenvalue weighted by atomic mass is 32.1. The number of carbonyl (C=O) groups is 1. The predicted octanol–water partition coefficient (Wildman–Crippen LogP) is 2.74. The maximum Gasteiger partial charge on any atom is 0.358 e. The minimum atomic E-state index is -0.477. The molecular formula is C16H16N2O4S. The number of anilines is 1. The van der Waals surface area contributed by atoms with Gasteiger partial charge < -0.3 is 19.5 Å². The molecule has 1 aliphatic heterocycles. The lowest BCUT2D eigenvalue weighted by Crippen LogP contribution is -2.34. The van der Waals surface area contributed by atoms with Gasteiger partial charge in [-0.15, -0.1) is 17.9 Å².